The van der Waals surface area contributed by atoms with E-state index in [1.165, 1.54) is 0 Å². The summed E-state index contributed by atoms with van der Waals surface area (Å²) in [5.41, 5.74) is 1.55. The van der Waals surface area contributed by atoms with Gasteiger partial charge in [-0.05, 0) is 62.8 Å². The van der Waals surface area contributed by atoms with Crippen LogP contribution in [0.25, 0.3) is 0 Å². The van der Waals surface area contributed by atoms with Crippen molar-refractivity contribution in [3.05, 3.63) is 71.3 Å². The quantitative estimate of drug-likeness (QED) is 0.399. The van der Waals surface area contributed by atoms with Crippen LogP contribution in [-0.4, -0.2) is 41.0 Å². The van der Waals surface area contributed by atoms with E-state index < -0.39 is 23.8 Å². The summed E-state index contributed by atoms with van der Waals surface area (Å²) in [6.45, 7) is 11.8. The molecule has 0 saturated heterocycles. The number of benzene rings is 2. The first-order valence-corrected chi connectivity index (χ1v) is 13.1. The van der Waals surface area contributed by atoms with Crippen LogP contribution in [-0.2, 0) is 20.9 Å². The maximum atomic E-state index is 14.0. The molecular formula is C31H41N3O4. The van der Waals surface area contributed by atoms with Crippen LogP contribution in [0.1, 0.15) is 77.1 Å². The van der Waals surface area contributed by atoms with Gasteiger partial charge in [-0.3, -0.25) is 9.59 Å². The first-order chi connectivity index (χ1) is 17.9. The van der Waals surface area contributed by atoms with Crippen LogP contribution in [0.15, 0.2) is 54.6 Å². The molecule has 2 unspecified atom stereocenters. The van der Waals surface area contributed by atoms with Crippen molar-refractivity contribution < 1.29 is 19.1 Å². The van der Waals surface area contributed by atoms with Crippen LogP contribution >= 0.6 is 0 Å². The molecule has 0 aliphatic rings. The van der Waals surface area contributed by atoms with Gasteiger partial charge in [0.15, 0.2) is 0 Å². The lowest BCUT2D eigenvalue weighted by Crippen LogP contribution is -2.53. The fourth-order valence-electron chi connectivity index (χ4n) is 4.07. The summed E-state index contributed by atoms with van der Waals surface area (Å²) in [6, 6.07) is 14.9. The largest absolute Gasteiger partial charge is 0.444 e. The molecular weight excluding hydrogens is 478 g/mol. The second-order valence-corrected chi connectivity index (χ2v) is 10.7. The van der Waals surface area contributed by atoms with E-state index in [9.17, 15) is 14.4 Å². The molecule has 7 nitrogen and oxygen atoms in total. The molecule has 2 aromatic carbocycles. The lowest BCUT2D eigenvalue weighted by atomic mass is 9.98. The highest BCUT2D eigenvalue weighted by Gasteiger charge is 2.36. The van der Waals surface area contributed by atoms with E-state index in [0.29, 0.717) is 37.1 Å². The summed E-state index contributed by atoms with van der Waals surface area (Å²) in [5.74, 6) is 2.04. The van der Waals surface area contributed by atoms with Crippen molar-refractivity contribution in [1.82, 2.24) is 15.5 Å². The van der Waals surface area contributed by atoms with E-state index in [4.69, 9.17) is 11.2 Å². The fraction of sp³-hybridized carbons (Fsp3) is 0.452. The van der Waals surface area contributed by atoms with Crippen LogP contribution in [0.5, 0.6) is 0 Å². The Kier molecular flexibility index (Phi) is 11.4. The first-order valence-electron chi connectivity index (χ1n) is 13.1. The fourth-order valence-corrected chi connectivity index (χ4v) is 4.07. The van der Waals surface area contributed by atoms with E-state index in [-0.39, 0.29) is 17.7 Å². The zero-order valence-electron chi connectivity index (χ0n) is 23.4. The number of terminal acetylenes is 1. The molecule has 204 valence electrons. The number of ether oxygens (including phenoxy) is 1. The van der Waals surface area contributed by atoms with Gasteiger partial charge < -0.3 is 20.3 Å². The number of alkyl carbamates (subject to hydrolysis) is 1. The Morgan fingerprint density at radius 2 is 1.66 bits per heavy atom. The van der Waals surface area contributed by atoms with Gasteiger partial charge in [0.25, 0.3) is 0 Å². The van der Waals surface area contributed by atoms with Gasteiger partial charge in [0.2, 0.25) is 11.8 Å². The van der Waals surface area contributed by atoms with Gasteiger partial charge in [-0.1, -0.05) is 69.2 Å². The van der Waals surface area contributed by atoms with E-state index in [0.717, 1.165) is 5.56 Å². The monoisotopic (exact) mass is 519 g/mol. The molecule has 0 aliphatic carbocycles. The van der Waals surface area contributed by atoms with Gasteiger partial charge in [0.05, 0.1) is 0 Å². The van der Waals surface area contributed by atoms with E-state index in [2.05, 4.69) is 16.6 Å². The lowest BCUT2D eigenvalue weighted by Gasteiger charge is -2.35. The molecule has 0 saturated carbocycles. The third-order valence-corrected chi connectivity index (χ3v) is 5.71. The Morgan fingerprint density at radius 1 is 1.03 bits per heavy atom. The minimum atomic E-state index is -0.909. The average Bonchev–Trinajstić information content (AvgIpc) is 2.86. The van der Waals surface area contributed by atoms with Crippen LogP contribution in [0.4, 0.5) is 4.79 Å². The number of rotatable bonds is 11. The molecule has 3 amide bonds. The Hall–Kier alpha value is -3.79. The van der Waals surface area contributed by atoms with Gasteiger partial charge >= 0.3 is 6.09 Å². The molecule has 0 bridgehead atoms. The van der Waals surface area contributed by atoms with Crippen molar-refractivity contribution in [2.75, 3.05) is 6.54 Å². The topological polar surface area (TPSA) is 87.7 Å². The lowest BCUT2D eigenvalue weighted by molar-refractivity contribution is -0.142. The molecule has 2 rings (SSSR count). The normalized spacial score (nSPS) is 12.7. The highest BCUT2D eigenvalue weighted by atomic mass is 16.6. The summed E-state index contributed by atoms with van der Waals surface area (Å²) in [4.78, 5) is 41.9. The summed E-state index contributed by atoms with van der Waals surface area (Å²) < 4.78 is 5.43. The molecule has 0 aromatic heterocycles. The number of amides is 3. The molecule has 2 N–H and O–H groups in total. The van der Waals surface area contributed by atoms with E-state index in [1.54, 1.807) is 49.9 Å². The predicted octanol–water partition coefficient (Wildman–Crippen LogP) is 5.20. The Balaban J connectivity index is 2.44. The van der Waals surface area contributed by atoms with Crippen molar-refractivity contribution >= 4 is 17.9 Å². The molecule has 2 aromatic rings. The molecule has 7 heteroatoms. The van der Waals surface area contributed by atoms with Crippen molar-refractivity contribution in [2.45, 2.75) is 78.6 Å². The van der Waals surface area contributed by atoms with Crippen LogP contribution in [0, 0.1) is 18.3 Å². The van der Waals surface area contributed by atoms with Crippen LogP contribution < -0.4 is 10.6 Å². The van der Waals surface area contributed by atoms with E-state index >= 15 is 0 Å². The zero-order chi connectivity index (χ0) is 28.3. The first kappa shape index (κ1) is 30.4. The Bertz CT molecular complexity index is 1100. The number of hydrogen-bond acceptors (Lipinski definition) is 4. The summed E-state index contributed by atoms with van der Waals surface area (Å²) >= 11 is 0. The second-order valence-electron chi connectivity index (χ2n) is 10.7. The number of carbonyl (C=O) groups excluding carboxylic acids is 3. The average molecular weight is 520 g/mol. The molecule has 0 radical (unpaired) electrons. The predicted molar refractivity (Wildman–Crippen MR) is 150 cm³/mol. The summed E-state index contributed by atoms with van der Waals surface area (Å²) in [5, 5.41) is 5.74. The molecule has 0 aliphatic heterocycles. The minimum Gasteiger partial charge on any atom is -0.444 e. The smallest absolute Gasteiger partial charge is 0.408 e. The molecule has 0 fully saturated rings. The summed E-state index contributed by atoms with van der Waals surface area (Å²) in [6.07, 6.45) is 5.88. The van der Waals surface area contributed by atoms with Crippen molar-refractivity contribution in [3.63, 3.8) is 0 Å². The van der Waals surface area contributed by atoms with Crippen molar-refractivity contribution in [3.8, 4) is 12.3 Å². The van der Waals surface area contributed by atoms with Crippen LogP contribution in [0.2, 0.25) is 0 Å². The minimum absolute atomic E-state index is 0.114. The highest BCUT2D eigenvalue weighted by Crippen LogP contribution is 2.25. The van der Waals surface area contributed by atoms with Gasteiger partial charge in [0.1, 0.15) is 17.7 Å². The van der Waals surface area contributed by atoms with E-state index in [1.807, 2.05) is 51.1 Å². The number of carbonyl (C=O) groups is 3. The van der Waals surface area contributed by atoms with Gasteiger partial charge in [0, 0.05) is 18.7 Å². The third kappa shape index (κ3) is 9.59. The zero-order valence-corrected chi connectivity index (χ0v) is 23.4. The van der Waals surface area contributed by atoms with Crippen molar-refractivity contribution in [2.24, 2.45) is 5.92 Å². The number of nitrogens with one attached hydrogen (secondary N) is 2. The number of hydrogen-bond donors (Lipinski definition) is 2. The Morgan fingerprint density at radius 3 is 2.18 bits per heavy atom. The van der Waals surface area contributed by atoms with Crippen LogP contribution in [0.3, 0.4) is 0 Å². The Labute approximate surface area is 227 Å². The third-order valence-electron chi connectivity index (χ3n) is 5.71. The standard InChI is InChI=1S/C31H41N3O4/c1-8-19-34(29(36)26(20-22(3)4)33-30(37)38-31(5,6)7)27(25-17-15-23(9-2)16-18-25)28(35)32-21-24-13-11-10-12-14-24/h2,10-18,22,26-27H,8,19-21H2,1,3-7H3,(H,32,35)(H,33,37). The SMILES string of the molecule is C#Cc1ccc(C(C(=O)NCc2ccccc2)N(CCC)C(=O)C(CC(C)C)NC(=O)OC(C)(C)C)cc1. The summed E-state index contributed by atoms with van der Waals surface area (Å²) in [7, 11) is 0. The maximum Gasteiger partial charge on any atom is 0.408 e. The van der Waals surface area contributed by atoms with Gasteiger partial charge in [-0.15, -0.1) is 6.42 Å². The molecule has 0 heterocycles. The van der Waals surface area contributed by atoms with Crippen molar-refractivity contribution in [1.29, 1.82) is 0 Å². The molecule has 2 atom stereocenters. The highest BCUT2D eigenvalue weighted by molar-refractivity contribution is 5.92. The molecule has 0 spiro atoms. The van der Waals surface area contributed by atoms with Gasteiger partial charge in [-0.2, -0.15) is 0 Å². The second kappa shape index (κ2) is 14.2. The number of nitrogens with zero attached hydrogens (tertiary/aromatic N) is 1. The molecule has 38 heavy (non-hydrogen) atoms. The van der Waals surface area contributed by atoms with Gasteiger partial charge in [-0.25, -0.2) is 4.79 Å². The maximum absolute atomic E-state index is 14.0.